The zero-order valence-corrected chi connectivity index (χ0v) is 45.6. The van der Waals surface area contributed by atoms with Gasteiger partial charge in [0.1, 0.15) is 30.0 Å². The number of esters is 1. The number of likely N-dealkylation sites (N-methyl/N-ethyl adjacent to an activating group) is 1. The number of allylic oxidation sites excluding steroid dienone is 1. The van der Waals surface area contributed by atoms with Gasteiger partial charge in [-0.15, -0.1) is 11.3 Å². The Morgan fingerprint density at radius 2 is 1.79 bits per heavy atom. The fourth-order valence-corrected chi connectivity index (χ4v) is 10.3. The zero-order chi connectivity index (χ0) is 54.7. The summed E-state index contributed by atoms with van der Waals surface area (Å²) in [7, 11) is 3.51. The minimum Gasteiger partial charge on any atom is -0.464 e. The van der Waals surface area contributed by atoms with Crippen LogP contribution in [0, 0.1) is 23.1 Å². The van der Waals surface area contributed by atoms with Gasteiger partial charge in [0, 0.05) is 85.6 Å². The number of likely N-dealkylation sites (tertiary alicyclic amines) is 1. The smallest absolute Gasteiger partial charge is 0.410 e. The summed E-state index contributed by atoms with van der Waals surface area (Å²) in [6.45, 7) is 20.9. The number of hydrazine groups is 1. The number of hydrogen-bond acceptors (Lipinski definition) is 14. The number of carbonyl (C=O) groups is 4. The first-order valence-electron chi connectivity index (χ1n) is 25.6. The van der Waals surface area contributed by atoms with Crippen LogP contribution in [0.2, 0.25) is 0 Å². The summed E-state index contributed by atoms with van der Waals surface area (Å²) in [5, 5.41) is 6.54. The minimum absolute atomic E-state index is 0.00338. The summed E-state index contributed by atoms with van der Waals surface area (Å²) in [6, 6.07) is 0.436. The molecule has 7 rings (SSSR count). The number of rotatable bonds is 13. The number of halogens is 4. The van der Waals surface area contributed by atoms with Gasteiger partial charge < -0.3 is 43.5 Å². The van der Waals surface area contributed by atoms with Crippen molar-refractivity contribution in [2.75, 3.05) is 73.2 Å². The molecule has 4 aliphatic heterocycles. The molecule has 6 bridgehead atoms. The molecule has 3 saturated heterocycles. The Bertz CT molecular complexity index is 2650. The van der Waals surface area contributed by atoms with Crippen LogP contribution in [0.1, 0.15) is 84.5 Å². The molecule has 75 heavy (non-hydrogen) atoms. The van der Waals surface area contributed by atoms with Crippen molar-refractivity contribution in [3.05, 3.63) is 57.6 Å². The molecule has 0 radical (unpaired) electrons. The molecule has 0 unspecified atom stereocenters. The van der Waals surface area contributed by atoms with Crippen LogP contribution in [-0.4, -0.2) is 169 Å². The lowest BCUT2D eigenvalue weighted by molar-refractivity contribution is -0.155. The van der Waals surface area contributed by atoms with Crippen LogP contribution in [0.15, 0.2) is 40.5 Å². The Kier molecular flexibility index (Phi) is 17.9. The van der Waals surface area contributed by atoms with Crippen LogP contribution < -0.4 is 10.7 Å². The van der Waals surface area contributed by atoms with Gasteiger partial charge in [0.15, 0.2) is 0 Å². The molecule has 3 amide bonds. The third-order valence-corrected chi connectivity index (χ3v) is 14.8. The van der Waals surface area contributed by atoms with E-state index < -0.39 is 77.5 Å². The number of fused-ring (bicyclic) bond motifs is 6. The predicted octanol–water partition coefficient (Wildman–Crippen LogP) is 7.23. The fourth-order valence-electron chi connectivity index (χ4n) is 9.41. The first-order valence-corrected chi connectivity index (χ1v) is 26.5. The van der Waals surface area contributed by atoms with E-state index in [-0.39, 0.29) is 67.1 Å². The number of aromatic nitrogens is 2. The lowest BCUT2D eigenvalue weighted by Gasteiger charge is -2.40. The van der Waals surface area contributed by atoms with Crippen LogP contribution in [0.25, 0.3) is 28.2 Å². The van der Waals surface area contributed by atoms with Crippen molar-refractivity contribution in [3.8, 4) is 11.3 Å². The molecule has 3 fully saturated rings. The van der Waals surface area contributed by atoms with Crippen molar-refractivity contribution < 1.29 is 55.7 Å². The Balaban J connectivity index is 1.26. The highest BCUT2D eigenvalue weighted by molar-refractivity contribution is 7.10. The Morgan fingerprint density at radius 1 is 1.08 bits per heavy atom. The van der Waals surface area contributed by atoms with Gasteiger partial charge in [-0.1, -0.05) is 34.3 Å². The number of piperazine rings is 1. The first kappa shape index (κ1) is 57.3. The third kappa shape index (κ3) is 14.5. The second-order valence-corrected chi connectivity index (χ2v) is 23.2. The average Bonchev–Trinajstić information content (AvgIpc) is 3.88. The van der Waals surface area contributed by atoms with Crippen molar-refractivity contribution >= 4 is 58.4 Å². The molecule has 2 N–H and O–H groups in total. The maximum absolute atomic E-state index is 16.8. The maximum Gasteiger partial charge on any atom is 0.410 e. The molecule has 22 heteroatoms. The largest absolute Gasteiger partial charge is 0.464 e. The Labute approximate surface area is 440 Å². The molecule has 4 atom stereocenters. The number of carbonyl (C=O) groups excluding carboxylic acids is 4. The average molecular weight is 1070 g/mol. The standard InChI is InChI=1S/C53H73F4N9O8S/c1-31(2)38(27-72-34-25-64(26-34)50(70)74-51(5,6)7)47(67)60-42-22-46-59-43(28-75-46)36-19-35-37(23-52(8,9)30-73-49(69)40-13-12-14-66(61-40)48(42)68)45(65(29-53(55,56)57)44(35)20-39(36)54)21-41(33(4)71-11)58-24-32(3)63-17-15-62(10)16-18-63/h19-21,24,28,31,33-34,38,40,42,61H,3,12-18,22-23,25-27,29-30H2,1-2,4-11H3,(H,60,67)/b41-21+,58-24?/t33-,38+,40-,42-/m0/s1. The summed E-state index contributed by atoms with van der Waals surface area (Å²) in [4.78, 5) is 70.6. The topological polar surface area (TPSA) is 172 Å². The number of alkyl halides is 3. The van der Waals surface area contributed by atoms with Crippen LogP contribution in [0.3, 0.4) is 0 Å². The highest BCUT2D eigenvalue weighted by Crippen LogP contribution is 2.40. The quantitative estimate of drug-likeness (QED) is 0.100. The molecule has 4 aliphatic rings. The molecular formula is C53H73F4N9O8S. The molecule has 0 aliphatic carbocycles. The number of cyclic esters (lactones) is 1. The van der Waals surface area contributed by atoms with E-state index in [0.717, 1.165) is 48.1 Å². The SMILES string of the molecule is C=C(C=N/C(=C/c1c2c3cc(c(F)cc3n1CC(F)(F)F)-c1csc(n1)C[C@H](NC(=O)[C@H](COC1CN(C(=O)OC(C)(C)C)C1)C(C)C)C(=O)N1CCC[C@H](N1)C(=O)OCC(C)(C)C2)[C@H](C)OC)N1CCN(C)CC1. The zero-order valence-electron chi connectivity index (χ0n) is 44.8. The van der Waals surface area contributed by atoms with E-state index in [9.17, 15) is 32.3 Å². The van der Waals surface area contributed by atoms with Crippen molar-refractivity contribution in [2.24, 2.45) is 22.2 Å². The number of ether oxygens (including phenoxy) is 4. The molecule has 3 aromatic rings. The minimum atomic E-state index is -4.73. The summed E-state index contributed by atoms with van der Waals surface area (Å²) in [6.07, 6.45) is -2.36. The number of thiazole rings is 1. The van der Waals surface area contributed by atoms with Crippen molar-refractivity contribution in [2.45, 2.75) is 124 Å². The predicted molar refractivity (Wildman–Crippen MR) is 278 cm³/mol. The number of methoxy groups -OCH3 is 1. The molecular weight excluding hydrogens is 999 g/mol. The highest BCUT2D eigenvalue weighted by Gasteiger charge is 2.40. The summed E-state index contributed by atoms with van der Waals surface area (Å²) >= 11 is 1.13. The molecule has 412 valence electrons. The molecule has 17 nitrogen and oxygen atoms in total. The van der Waals surface area contributed by atoms with Crippen LogP contribution in [0.4, 0.5) is 22.4 Å². The van der Waals surface area contributed by atoms with E-state index in [1.165, 1.54) is 23.1 Å². The van der Waals surface area contributed by atoms with Crippen LogP contribution in [0.5, 0.6) is 0 Å². The van der Waals surface area contributed by atoms with Gasteiger partial charge in [0.25, 0.3) is 5.91 Å². The van der Waals surface area contributed by atoms with Gasteiger partial charge in [0.05, 0.1) is 66.3 Å². The molecule has 0 spiro atoms. The van der Waals surface area contributed by atoms with Crippen molar-refractivity contribution in [1.82, 2.24) is 40.0 Å². The van der Waals surface area contributed by atoms with Gasteiger partial charge in [-0.05, 0) is 83.7 Å². The van der Waals surface area contributed by atoms with E-state index in [0.29, 0.717) is 53.3 Å². The summed E-state index contributed by atoms with van der Waals surface area (Å²) in [5.41, 5.74) is 3.10. The van der Waals surface area contributed by atoms with Crippen molar-refractivity contribution in [1.29, 1.82) is 0 Å². The van der Waals surface area contributed by atoms with Gasteiger partial charge in [-0.25, -0.2) is 19.6 Å². The van der Waals surface area contributed by atoms with Crippen LogP contribution in [-0.2, 0) is 52.7 Å². The number of benzene rings is 1. The normalized spacial score (nSPS) is 21.5. The Morgan fingerprint density at radius 3 is 2.44 bits per heavy atom. The van der Waals surface area contributed by atoms with E-state index in [2.05, 4.69) is 27.1 Å². The van der Waals surface area contributed by atoms with Gasteiger partial charge in [0.2, 0.25) is 5.91 Å². The highest BCUT2D eigenvalue weighted by atomic mass is 32.1. The third-order valence-electron chi connectivity index (χ3n) is 13.9. The lowest BCUT2D eigenvalue weighted by atomic mass is 9.85. The molecule has 0 saturated carbocycles. The fraction of sp³-hybridized carbons (Fsp3) is 0.623. The monoisotopic (exact) mass is 1070 g/mol. The van der Waals surface area contributed by atoms with Crippen LogP contribution >= 0.6 is 11.3 Å². The van der Waals surface area contributed by atoms with E-state index in [1.54, 1.807) is 45.4 Å². The van der Waals surface area contributed by atoms with Gasteiger partial charge in [-0.3, -0.25) is 24.4 Å². The number of nitrogens with one attached hydrogen (secondary N) is 2. The Hall–Kier alpha value is -5.42. The number of hydrogen-bond donors (Lipinski definition) is 2. The second kappa shape index (κ2) is 23.4. The van der Waals surface area contributed by atoms with E-state index in [4.69, 9.17) is 28.9 Å². The summed E-state index contributed by atoms with van der Waals surface area (Å²) in [5.74, 6) is -3.42. The number of amides is 3. The maximum atomic E-state index is 16.8. The number of aliphatic imine (C=N–C) groups is 1. The van der Waals surface area contributed by atoms with E-state index in [1.807, 2.05) is 34.7 Å². The number of nitrogens with zero attached hydrogens (tertiary/aromatic N) is 7. The van der Waals surface area contributed by atoms with Crippen molar-refractivity contribution in [3.63, 3.8) is 0 Å². The van der Waals surface area contributed by atoms with Gasteiger partial charge >= 0.3 is 18.2 Å². The molecule has 1 aromatic carbocycles. The second-order valence-electron chi connectivity index (χ2n) is 22.2. The van der Waals surface area contributed by atoms with Gasteiger partial charge in [-0.2, -0.15) is 13.2 Å². The lowest BCUT2D eigenvalue weighted by Crippen LogP contribution is -2.61. The van der Waals surface area contributed by atoms with E-state index >= 15 is 4.39 Å². The first-order chi connectivity index (χ1) is 35.2. The summed E-state index contributed by atoms with van der Waals surface area (Å²) < 4.78 is 85.4. The molecule has 2 aromatic heterocycles. The molecule has 6 heterocycles.